The number of fused-ring (bicyclic) bond motifs is 3. The third-order valence-electron chi connectivity index (χ3n) is 4.12. The summed E-state index contributed by atoms with van der Waals surface area (Å²) < 4.78 is 0. The van der Waals surface area contributed by atoms with Crippen molar-refractivity contribution in [2.24, 2.45) is 0 Å². The van der Waals surface area contributed by atoms with Crippen LogP contribution in [-0.2, 0) is 10.2 Å². The predicted octanol–water partition coefficient (Wildman–Crippen LogP) is 3.65. The number of hydrogen-bond acceptors (Lipinski definition) is 2. The van der Waals surface area contributed by atoms with Crippen LogP contribution in [0.5, 0.6) is 0 Å². The van der Waals surface area contributed by atoms with Crippen molar-refractivity contribution in [2.45, 2.75) is 19.3 Å². The number of anilines is 1. The average molecular weight is 251 g/mol. The lowest BCUT2D eigenvalue weighted by molar-refractivity contribution is -0.104. The topological polar surface area (TPSA) is 20.3 Å². The van der Waals surface area contributed by atoms with Crippen molar-refractivity contribution < 1.29 is 4.79 Å². The first kappa shape index (κ1) is 12.0. The maximum absolute atomic E-state index is 10.9. The van der Waals surface area contributed by atoms with Gasteiger partial charge >= 0.3 is 0 Å². The fourth-order valence-corrected chi connectivity index (χ4v) is 3.26. The van der Waals surface area contributed by atoms with Crippen LogP contribution in [0.4, 0.5) is 5.69 Å². The van der Waals surface area contributed by atoms with Crippen LogP contribution < -0.4 is 4.90 Å². The van der Waals surface area contributed by atoms with Crippen molar-refractivity contribution >= 4 is 22.7 Å². The lowest BCUT2D eigenvalue weighted by Crippen LogP contribution is -2.23. The largest absolute Gasteiger partial charge is 0.347 e. The van der Waals surface area contributed by atoms with Crippen LogP contribution in [-0.4, -0.2) is 13.3 Å². The van der Waals surface area contributed by atoms with Crippen LogP contribution in [0.2, 0.25) is 0 Å². The summed E-state index contributed by atoms with van der Waals surface area (Å²) in [6, 6.07) is 12.7. The zero-order valence-electron chi connectivity index (χ0n) is 11.5. The minimum atomic E-state index is -0.147. The molecule has 0 saturated carbocycles. The molecule has 1 heterocycles. The van der Waals surface area contributed by atoms with Gasteiger partial charge in [0.15, 0.2) is 0 Å². The smallest absolute Gasteiger partial charge is 0.144 e. The molecule has 2 heteroatoms. The second kappa shape index (κ2) is 3.95. The molecule has 0 N–H and O–H groups in total. The Balaban J connectivity index is 2.40. The molecule has 1 aliphatic rings. The van der Waals surface area contributed by atoms with E-state index in [-0.39, 0.29) is 5.41 Å². The molecule has 0 fully saturated rings. The Labute approximate surface area is 113 Å². The number of carbonyl (C=O) groups excluding carboxylic acids is 1. The molecule has 0 atom stereocenters. The van der Waals surface area contributed by atoms with Gasteiger partial charge < -0.3 is 4.90 Å². The summed E-state index contributed by atoms with van der Waals surface area (Å²) in [5, 5.41) is 2.52. The molecule has 2 nitrogen and oxygen atoms in total. The molecule has 0 bridgehead atoms. The van der Waals surface area contributed by atoms with Gasteiger partial charge in [-0.25, -0.2) is 0 Å². The van der Waals surface area contributed by atoms with Crippen molar-refractivity contribution in [3.63, 3.8) is 0 Å². The number of allylic oxidation sites excluding steroid dienone is 2. The quantitative estimate of drug-likeness (QED) is 0.569. The Bertz CT molecular complexity index is 697. The summed E-state index contributed by atoms with van der Waals surface area (Å²) >= 11 is 0. The van der Waals surface area contributed by atoms with Crippen molar-refractivity contribution in [3.8, 4) is 0 Å². The molecule has 3 rings (SSSR count). The first-order chi connectivity index (χ1) is 9.07. The molecule has 0 aliphatic carbocycles. The highest BCUT2D eigenvalue weighted by atomic mass is 16.1. The Morgan fingerprint density at radius 3 is 2.58 bits per heavy atom. The molecule has 0 radical (unpaired) electrons. The van der Waals surface area contributed by atoms with Crippen molar-refractivity contribution in [1.82, 2.24) is 0 Å². The van der Waals surface area contributed by atoms with Crippen LogP contribution in [0.25, 0.3) is 10.8 Å². The summed E-state index contributed by atoms with van der Waals surface area (Å²) in [7, 11) is 2.03. The minimum absolute atomic E-state index is 0.147. The van der Waals surface area contributed by atoms with Gasteiger partial charge in [-0.3, -0.25) is 4.79 Å². The predicted molar refractivity (Wildman–Crippen MR) is 79.5 cm³/mol. The van der Waals surface area contributed by atoms with Gasteiger partial charge in [-0.2, -0.15) is 0 Å². The minimum Gasteiger partial charge on any atom is -0.347 e. The third-order valence-corrected chi connectivity index (χ3v) is 4.12. The zero-order valence-corrected chi connectivity index (χ0v) is 11.5. The van der Waals surface area contributed by atoms with Gasteiger partial charge in [0.25, 0.3) is 0 Å². The molecule has 0 saturated heterocycles. The summed E-state index contributed by atoms with van der Waals surface area (Å²) in [6.45, 7) is 4.36. The molecule has 2 aromatic carbocycles. The van der Waals surface area contributed by atoms with E-state index in [1.807, 2.05) is 7.05 Å². The monoisotopic (exact) mass is 251 g/mol. The summed E-state index contributed by atoms with van der Waals surface area (Å²) in [5.41, 5.74) is 3.40. The van der Waals surface area contributed by atoms with E-state index >= 15 is 0 Å². The average Bonchev–Trinajstić information content (AvgIpc) is 2.60. The molecule has 2 aromatic rings. The van der Waals surface area contributed by atoms with Crippen molar-refractivity contribution in [3.05, 3.63) is 53.7 Å². The normalized spacial score (nSPS) is 18.9. The van der Waals surface area contributed by atoms with E-state index < -0.39 is 0 Å². The van der Waals surface area contributed by atoms with E-state index in [2.05, 4.69) is 55.1 Å². The molecule has 19 heavy (non-hydrogen) atoms. The van der Waals surface area contributed by atoms with Crippen LogP contribution >= 0.6 is 0 Å². The number of nitrogens with zero attached hydrogens (tertiary/aromatic N) is 1. The van der Waals surface area contributed by atoms with Gasteiger partial charge in [0.2, 0.25) is 0 Å². The third kappa shape index (κ3) is 1.53. The summed E-state index contributed by atoms with van der Waals surface area (Å²) in [5.74, 6) is 0. The second-order valence-electron chi connectivity index (χ2n) is 5.55. The van der Waals surface area contributed by atoms with Gasteiger partial charge in [-0.1, -0.05) is 44.2 Å². The van der Waals surface area contributed by atoms with Crippen LogP contribution in [0.3, 0.4) is 0 Å². The van der Waals surface area contributed by atoms with Gasteiger partial charge in [-0.15, -0.1) is 0 Å². The Kier molecular flexibility index (Phi) is 2.49. The number of aldehydes is 1. The number of rotatable bonds is 1. The van der Waals surface area contributed by atoms with Crippen molar-refractivity contribution in [2.75, 3.05) is 11.9 Å². The number of likely N-dealkylation sites (N-methyl/N-ethyl adjacent to an activating group) is 1. The van der Waals surface area contributed by atoms with Crippen LogP contribution in [0, 0.1) is 0 Å². The maximum atomic E-state index is 10.9. The lowest BCUT2D eigenvalue weighted by atomic mass is 9.81. The number of benzene rings is 2. The molecule has 96 valence electrons. The number of carbonyl (C=O) groups is 1. The summed E-state index contributed by atoms with van der Waals surface area (Å²) in [6.07, 6.45) is 2.55. The molecule has 0 aromatic heterocycles. The highest BCUT2D eigenvalue weighted by Gasteiger charge is 2.39. The standard InChI is InChI=1S/C17H17NO/c1-17(2)15(10-11-19)18(3)14-9-8-12-6-4-5-7-13(12)16(14)17/h4-11H,1-3H3. The Morgan fingerprint density at radius 2 is 1.84 bits per heavy atom. The highest BCUT2D eigenvalue weighted by Crippen LogP contribution is 2.49. The molecule has 0 spiro atoms. The van der Waals surface area contributed by atoms with Gasteiger partial charge in [-0.05, 0) is 28.5 Å². The van der Waals surface area contributed by atoms with E-state index in [1.54, 1.807) is 6.08 Å². The molecular weight excluding hydrogens is 234 g/mol. The van der Waals surface area contributed by atoms with Gasteiger partial charge in [0, 0.05) is 23.8 Å². The van der Waals surface area contributed by atoms with Gasteiger partial charge in [0.05, 0.1) is 0 Å². The summed E-state index contributed by atoms with van der Waals surface area (Å²) in [4.78, 5) is 13.0. The SMILES string of the molecule is CN1C(=CC=O)C(C)(C)c2c1ccc1ccccc21. The van der Waals surface area contributed by atoms with E-state index in [4.69, 9.17) is 0 Å². The Morgan fingerprint density at radius 1 is 1.11 bits per heavy atom. The van der Waals surface area contributed by atoms with E-state index in [9.17, 15) is 4.79 Å². The molecule has 1 aliphatic heterocycles. The number of hydrogen-bond donors (Lipinski definition) is 0. The van der Waals surface area contributed by atoms with Crippen LogP contribution in [0.1, 0.15) is 19.4 Å². The maximum Gasteiger partial charge on any atom is 0.144 e. The van der Waals surface area contributed by atoms with E-state index in [0.717, 1.165) is 12.0 Å². The molecule has 0 unspecified atom stereocenters. The van der Waals surface area contributed by atoms with Gasteiger partial charge in [0.1, 0.15) is 6.29 Å². The second-order valence-corrected chi connectivity index (χ2v) is 5.55. The van der Waals surface area contributed by atoms with Crippen LogP contribution in [0.15, 0.2) is 48.2 Å². The lowest BCUT2D eigenvalue weighted by Gasteiger charge is -2.23. The molecule has 0 amide bonds. The Hall–Kier alpha value is -2.09. The first-order valence-corrected chi connectivity index (χ1v) is 6.49. The van der Waals surface area contributed by atoms with E-state index in [1.165, 1.54) is 22.0 Å². The zero-order chi connectivity index (χ0) is 13.6. The van der Waals surface area contributed by atoms with E-state index in [0.29, 0.717) is 0 Å². The fourth-order valence-electron chi connectivity index (χ4n) is 3.26. The highest BCUT2D eigenvalue weighted by molar-refractivity contribution is 5.95. The van der Waals surface area contributed by atoms with Crippen molar-refractivity contribution in [1.29, 1.82) is 0 Å². The fraction of sp³-hybridized carbons (Fsp3) is 0.235. The first-order valence-electron chi connectivity index (χ1n) is 6.49. The molecular formula is C17H17NO.